The van der Waals surface area contributed by atoms with Crippen LogP contribution in [0.1, 0.15) is 26.5 Å². The van der Waals surface area contributed by atoms with Crippen molar-refractivity contribution < 1.29 is 27.2 Å². The van der Waals surface area contributed by atoms with E-state index in [9.17, 15) is 22.8 Å². The van der Waals surface area contributed by atoms with Crippen LogP contribution in [-0.2, 0) is 6.18 Å². The molecule has 0 aliphatic rings. The van der Waals surface area contributed by atoms with Crippen molar-refractivity contribution in [2.24, 2.45) is 0 Å². The van der Waals surface area contributed by atoms with E-state index < -0.39 is 29.2 Å². The van der Waals surface area contributed by atoms with Crippen LogP contribution in [0.4, 0.5) is 24.5 Å². The van der Waals surface area contributed by atoms with E-state index in [1.54, 1.807) is 5.38 Å². The lowest BCUT2D eigenvalue weighted by molar-refractivity contribution is -0.136. The zero-order chi connectivity index (χ0) is 18.7. The smallest absolute Gasteiger partial charge is 0.418 e. The van der Waals surface area contributed by atoms with E-state index in [1.807, 2.05) is 0 Å². The molecular formula is C17H11F3N2O3S. The predicted molar refractivity (Wildman–Crippen MR) is 90.4 cm³/mol. The maximum atomic E-state index is 13.4. The van der Waals surface area contributed by atoms with Gasteiger partial charge in [0.2, 0.25) is 0 Å². The van der Waals surface area contributed by atoms with Gasteiger partial charge in [-0.2, -0.15) is 24.5 Å². The Morgan fingerprint density at radius 2 is 1.85 bits per heavy atom. The number of hydrogen-bond donors (Lipinski definition) is 2. The normalized spacial score (nSPS) is 11.2. The van der Waals surface area contributed by atoms with Gasteiger partial charge in [-0.15, -0.1) is 0 Å². The molecule has 1 aromatic carbocycles. The van der Waals surface area contributed by atoms with Gasteiger partial charge in [0.05, 0.1) is 23.1 Å². The minimum Gasteiger partial charge on any atom is -0.459 e. The number of thiophene rings is 1. The third-order valence-electron chi connectivity index (χ3n) is 3.36. The summed E-state index contributed by atoms with van der Waals surface area (Å²) in [6, 6.07) is 7.48. The van der Waals surface area contributed by atoms with Gasteiger partial charge in [0, 0.05) is 11.1 Å². The SMILES string of the molecule is O=C(Nc1ccc(NC(=O)c2ccco2)cc1C(F)(F)F)c1ccsc1. The van der Waals surface area contributed by atoms with Gasteiger partial charge in [-0.3, -0.25) is 9.59 Å². The second-order valence-corrected chi connectivity index (χ2v) is 5.94. The van der Waals surface area contributed by atoms with Gasteiger partial charge in [0.25, 0.3) is 11.8 Å². The monoisotopic (exact) mass is 380 g/mol. The number of nitrogens with one attached hydrogen (secondary N) is 2. The Morgan fingerprint density at radius 3 is 2.46 bits per heavy atom. The summed E-state index contributed by atoms with van der Waals surface area (Å²) >= 11 is 1.26. The van der Waals surface area contributed by atoms with E-state index in [0.29, 0.717) is 0 Å². The topological polar surface area (TPSA) is 71.3 Å². The third-order valence-corrected chi connectivity index (χ3v) is 4.04. The molecule has 2 N–H and O–H groups in total. The molecule has 0 aliphatic heterocycles. The standard InChI is InChI=1S/C17H11F3N2O3S/c18-17(19,20)12-8-11(21-16(24)14-2-1-6-25-14)3-4-13(12)22-15(23)10-5-7-26-9-10/h1-9H,(H,21,24)(H,22,23). The molecule has 26 heavy (non-hydrogen) atoms. The van der Waals surface area contributed by atoms with Crippen molar-refractivity contribution in [3.8, 4) is 0 Å². The highest BCUT2D eigenvalue weighted by atomic mass is 32.1. The zero-order valence-corrected chi connectivity index (χ0v) is 13.8. The van der Waals surface area contributed by atoms with Crippen LogP contribution >= 0.6 is 11.3 Å². The fourth-order valence-corrected chi connectivity index (χ4v) is 2.79. The first-order valence-electron chi connectivity index (χ1n) is 7.24. The molecule has 0 aliphatic carbocycles. The van der Waals surface area contributed by atoms with Crippen molar-refractivity contribution in [1.29, 1.82) is 0 Å². The minimum atomic E-state index is -4.72. The number of furan rings is 1. The van der Waals surface area contributed by atoms with Crippen molar-refractivity contribution in [2.45, 2.75) is 6.18 Å². The molecule has 2 aromatic heterocycles. The minimum absolute atomic E-state index is 0.0339. The molecule has 0 atom stereocenters. The molecule has 0 saturated heterocycles. The number of anilines is 2. The quantitative estimate of drug-likeness (QED) is 0.679. The molecule has 0 bridgehead atoms. The van der Waals surface area contributed by atoms with Gasteiger partial charge in [-0.25, -0.2) is 0 Å². The van der Waals surface area contributed by atoms with E-state index in [1.165, 1.54) is 47.2 Å². The average Bonchev–Trinajstić information content (AvgIpc) is 3.29. The fourth-order valence-electron chi connectivity index (χ4n) is 2.15. The van der Waals surface area contributed by atoms with E-state index >= 15 is 0 Å². The lowest BCUT2D eigenvalue weighted by Gasteiger charge is -2.15. The Bertz CT molecular complexity index is 919. The predicted octanol–water partition coefficient (Wildman–Crippen LogP) is 4.86. The van der Waals surface area contributed by atoms with Crippen molar-refractivity contribution in [3.05, 3.63) is 70.3 Å². The summed E-state index contributed by atoms with van der Waals surface area (Å²) in [5.41, 5.74) is -1.28. The average molecular weight is 380 g/mol. The number of amides is 2. The first kappa shape index (κ1) is 17.7. The van der Waals surface area contributed by atoms with Gasteiger partial charge in [-0.1, -0.05) is 0 Å². The van der Waals surface area contributed by atoms with Gasteiger partial charge < -0.3 is 15.1 Å². The summed E-state index contributed by atoms with van der Waals surface area (Å²) in [5, 5.41) is 7.74. The maximum absolute atomic E-state index is 13.4. The summed E-state index contributed by atoms with van der Waals surface area (Å²) in [6.45, 7) is 0. The van der Waals surface area contributed by atoms with Gasteiger partial charge in [-0.05, 0) is 41.8 Å². The van der Waals surface area contributed by atoms with Gasteiger partial charge in [0.15, 0.2) is 5.76 Å². The third kappa shape index (κ3) is 3.94. The molecule has 9 heteroatoms. The van der Waals surface area contributed by atoms with E-state index in [4.69, 9.17) is 4.42 Å². The van der Waals surface area contributed by atoms with E-state index in [0.717, 1.165) is 12.1 Å². The molecule has 0 saturated carbocycles. The molecule has 3 rings (SSSR count). The maximum Gasteiger partial charge on any atom is 0.418 e. The Balaban J connectivity index is 1.86. The van der Waals surface area contributed by atoms with Crippen LogP contribution in [0.15, 0.2) is 57.8 Å². The summed E-state index contributed by atoms with van der Waals surface area (Å²) in [6.07, 6.45) is -3.44. The second-order valence-electron chi connectivity index (χ2n) is 5.16. The Labute approximate surface area is 149 Å². The van der Waals surface area contributed by atoms with Crippen LogP contribution in [0.2, 0.25) is 0 Å². The molecular weight excluding hydrogens is 369 g/mol. The molecule has 0 fully saturated rings. The highest BCUT2D eigenvalue weighted by molar-refractivity contribution is 7.08. The number of hydrogen-bond acceptors (Lipinski definition) is 4. The highest BCUT2D eigenvalue weighted by Gasteiger charge is 2.34. The molecule has 2 heterocycles. The molecule has 2 amide bonds. The Hall–Kier alpha value is -3.07. The molecule has 0 radical (unpaired) electrons. The highest BCUT2D eigenvalue weighted by Crippen LogP contribution is 2.37. The summed E-state index contributed by atoms with van der Waals surface area (Å²) < 4.78 is 44.9. The molecule has 3 aromatic rings. The van der Waals surface area contributed by atoms with E-state index in [-0.39, 0.29) is 17.0 Å². The lowest BCUT2D eigenvalue weighted by Crippen LogP contribution is -2.17. The van der Waals surface area contributed by atoms with Crippen LogP contribution in [0.5, 0.6) is 0 Å². The fraction of sp³-hybridized carbons (Fsp3) is 0.0588. The number of alkyl halides is 3. The zero-order valence-electron chi connectivity index (χ0n) is 13.0. The van der Waals surface area contributed by atoms with Crippen LogP contribution in [0, 0.1) is 0 Å². The van der Waals surface area contributed by atoms with Gasteiger partial charge in [0.1, 0.15) is 0 Å². The van der Waals surface area contributed by atoms with Gasteiger partial charge >= 0.3 is 6.18 Å². The second kappa shape index (κ2) is 7.04. The Morgan fingerprint density at radius 1 is 1.04 bits per heavy atom. The molecule has 0 unspecified atom stereocenters. The number of rotatable bonds is 4. The number of halogens is 3. The molecule has 0 spiro atoms. The lowest BCUT2D eigenvalue weighted by atomic mass is 10.1. The first-order valence-corrected chi connectivity index (χ1v) is 8.18. The Kier molecular flexibility index (Phi) is 4.81. The van der Waals surface area contributed by atoms with Crippen LogP contribution in [-0.4, -0.2) is 11.8 Å². The first-order chi connectivity index (χ1) is 12.3. The summed E-state index contributed by atoms with van der Waals surface area (Å²) in [5.74, 6) is -1.37. The number of carbonyl (C=O) groups is 2. The van der Waals surface area contributed by atoms with Crippen molar-refractivity contribution in [3.63, 3.8) is 0 Å². The van der Waals surface area contributed by atoms with Crippen LogP contribution in [0.25, 0.3) is 0 Å². The molecule has 5 nitrogen and oxygen atoms in total. The largest absolute Gasteiger partial charge is 0.459 e. The van der Waals surface area contributed by atoms with E-state index in [2.05, 4.69) is 10.6 Å². The van der Waals surface area contributed by atoms with Crippen molar-refractivity contribution in [1.82, 2.24) is 0 Å². The molecule has 134 valence electrons. The van der Waals surface area contributed by atoms with Crippen LogP contribution in [0.3, 0.4) is 0 Å². The summed E-state index contributed by atoms with van der Waals surface area (Å²) in [7, 11) is 0. The number of benzene rings is 1. The van der Waals surface area contributed by atoms with Crippen molar-refractivity contribution >= 4 is 34.5 Å². The summed E-state index contributed by atoms with van der Waals surface area (Å²) in [4.78, 5) is 23.9. The van der Waals surface area contributed by atoms with Crippen LogP contribution < -0.4 is 10.6 Å². The number of carbonyl (C=O) groups excluding carboxylic acids is 2. The van der Waals surface area contributed by atoms with Crippen molar-refractivity contribution in [2.75, 3.05) is 10.6 Å².